The van der Waals surface area contributed by atoms with Crippen LogP contribution in [0.4, 0.5) is 10.1 Å². The Hall–Kier alpha value is -2.18. The molecule has 0 spiro atoms. The standard InChI is InChI=1S/C13H9ClFNO4/c14-11-6-10(1-3-12(11)15)20-9-2-4-13(16(18)19)8(5-9)7-17/h1-6,17H,7H2. The summed E-state index contributed by atoms with van der Waals surface area (Å²) in [6.07, 6.45) is 0. The fraction of sp³-hybridized carbons (Fsp3) is 0.0769. The Bertz CT molecular complexity index is 663. The van der Waals surface area contributed by atoms with E-state index in [4.69, 9.17) is 21.4 Å². The summed E-state index contributed by atoms with van der Waals surface area (Å²) in [5.74, 6) is -0.00442. The van der Waals surface area contributed by atoms with Gasteiger partial charge < -0.3 is 9.84 Å². The van der Waals surface area contributed by atoms with Crippen molar-refractivity contribution in [3.05, 3.63) is 62.9 Å². The zero-order chi connectivity index (χ0) is 14.7. The van der Waals surface area contributed by atoms with E-state index >= 15 is 0 Å². The van der Waals surface area contributed by atoms with E-state index in [1.54, 1.807) is 0 Å². The number of nitrogens with zero attached hydrogens (tertiary/aromatic N) is 1. The molecule has 7 heteroatoms. The van der Waals surface area contributed by atoms with Gasteiger partial charge in [-0.2, -0.15) is 0 Å². The summed E-state index contributed by atoms with van der Waals surface area (Å²) < 4.78 is 18.4. The number of ether oxygens (including phenoxy) is 1. The molecule has 0 aliphatic carbocycles. The number of aliphatic hydroxyl groups excluding tert-OH is 1. The van der Waals surface area contributed by atoms with Crippen molar-refractivity contribution in [2.75, 3.05) is 0 Å². The summed E-state index contributed by atoms with van der Waals surface area (Å²) in [5, 5.41) is 19.7. The Morgan fingerprint density at radius 2 is 1.90 bits per heavy atom. The smallest absolute Gasteiger partial charge is 0.275 e. The Kier molecular flexibility index (Phi) is 4.16. The van der Waals surface area contributed by atoms with Crippen LogP contribution in [0, 0.1) is 15.9 Å². The molecular formula is C13H9ClFNO4. The summed E-state index contributed by atoms with van der Waals surface area (Å²) >= 11 is 5.62. The Labute approximate surface area is 118 Å². The number of nitro benzene ring substituents is 1. The van der Waals surface area contributed by atoms with Crippen molar-refractivity contribution in [3.8, 4) is 11.5 Å². The molecule has 0 unspecified atom stereocenters. The summed E-state index contributed by atoms with van der Waals surface area (Å²) in [4.78, 5) is 10.1. The van der Waals surface area contributed by atoms with Crippen LogP contribution in [-0.4, -0.2) is 10.0 Å². The molecular weight excluding hydrogens is 289 g/mol. The van der Waals surface area contributed by atoms with Crippen LogP contribution in [0.15, 0.2) is 36.4 Å². The highest BCUT2D eigenvalue weighted by Crippen LogP contribution is 2.29. The molecule has 0 aliphatic rings. The lowest BCUT2D eigenvalue weighted by Crippen LogP contribution is -1.96. The van der Waals surface area contributed by atoms with Crippen LogP contribution >= 0.6 is 11.6 Å². The predicted octanol–water partition coefficient (Wildman–Crippen LogP) is 3.67. The first-order valence-corrected chi connectivity index (χ1v) is 5.90. The van der Waals surface area contributed by atoms with E-state index in [-0.39, 0.29) is 27.8 Å². The van der Waals surface area contributed by atoms with Crippen LogP contribution in [0.3, 0.4) is 0 Å². The maximum absolute atomic E-state index is 13.0. The summed E-state index contributed by atoms with van der Waals surface area (Å²) in [6, 6.07) is 7.77. The van der Waals surface area contributed by atoms with Gasteiger partial charge in [0.05, 0.1) is 22.1 Å². The molecule has 0 heterocycles. The molecule has 20 heavy (non-hydrogen) atoms. The lowest BCUT2D eigenvalue weighted by Gasteiger charge is -2.08. The third kappa shape index (κ3) is 3.04. The summed E-state index contributed by atoms with van der Waals surface area (Å²) in [5.41, 5.74) is -0.0716. The van der Waals surface area contributed by atoms with E-state index in [1.165, 1.54) is 30.3 Å². The minimum Gasteiger partial charge on any atom is -0.457 e. The van der Waals surface area contributed by atoms with Crippen LogP contribution < -0.4 is 4.74 Å². The van der Waals surface area contributed by atoms with Crippen molar-refractivity contribution in [2.24, 2.45) is 0 Å². The molecule has 5 nitrogen and oxygen atoms in total. The molecule has 2 rings (SSSR count). The maximum atomic E-state index is 13.0. The van der Waals surface area contributed by atoms with Gasteiger partial charge in [-0.3, -0.25) is 10.1 Å². The minimum absolute atomic E-state index is 0.0909. The fourth-order valence-electron chi connectivity index (χ4n) is 1.61. The van der Waals surface area contributed by atoms with Gasteiger partial charge in [0.25, 0.3) is 5.69 Å². The van der Waals surface area contributed by atoms with Gasteiger partial charge in [-0.15, -0.1) is 0 Å². The highest BCUT2D eigenvalue weighted by atomic mass is 35.5. The SMILES string of the molecule is O=[N+]([O-])c1ccc(Oc2ccc(F)c(Cl)c2)cc1CO. The molecule has 0 fully saturated rings. The molecule has 2 aromatic rings. The third-order valence-corrected chi connectivity index (χ3v) is 2.83. The van der Waals surface area contributed by atoms with E-state index in [0.29, 0.717) is 0 Å². The largest absolute Gasteiger partial charge is 0.457 e. The van der Waals surface area contributed by atoms with Gasteiger partial charge in [-0.05, 0) is 24.3 Å². The molecule has 0 saturated heterocycles. The lowest BCUT2D eigenvalue weighted by atomic mass is 10.2. The molecule has 0 bridgehead atoms. The topological polar surface area (TPSA) is 72.6 Å². The van der Waals surface area contributed by atoms with Crippen LogP contribution in [0.1, 0.15) is 5.56 Å². The molecule has 0 aliphatic heterocycles. The second-order valence-corrected chi connectivity index (χ2v) is 4.29. The first kappa shape index (κ1) is 14.2. The molecule has 2 aromatic carbocycles. The first-order chi connectivity index (χ1) is 9.51. The van der Waals surface area contributed by atoms with Crippen molar-refractivity contribution >= 4 is 17.3 Å². The van der Waals surface area contributed by atoms with Crippen LogP contribution in [-0.2, 0) is 6.61 Å². The Balaban J connectivity index is 2.29. The number of aliphatic hydroxyl groups is 1. The molecule has 0 radical (unpaired) electrons. The quantitative estimate of drug-likeness (QED) is 0.690. The molecule has 104 valence electrons. The van der Waals surface area contributed by atoms with Crippen molar-refractivity contribution in [1.82, 2.24) is 0 Å². The second kappa shape index (κ2) is 5.85. The zero-order valence-corrected chi connectivity index (χ0v) is 10.8. The molecule has 0 aromatic heterocycles. The van der Waals surface area contributed by atoms with Crippen LogP contribution in [0.2, 0.25) is 5.02 Å². The maximum Gasteiger partial charge on any atom is 0.275 e. The normalized spacial score (nSPS) is 10.3. The monoisotopic (exact) mass is 297 g/mol. The van der Waals surface area contributed by atoms with Crippen molar-refractivity contribution in [2.45, 2.75) is 6.61 Å². The summed E-state index contributed by atoms with van der Waals surface area (Å²) in [6.45, 7) is -0.488. The van der Waals surface area contributed by atoms with Crippen LogP contribution in [0.25, 0.3) is 0 Å². The predicted molar refractivity (Wildman–Crippen MR) is 70.5 cm³/mol. The van der Waals surface area contributed by atoms with E-state index < -0.39 is 17.3 Å². The highest BCUT2D eigenvalue weighted by Gasteiger charge is 2.14. The number of nitro groups is 1. The van der Waals surface area contributed by atoms with Crippen molar-refractivity contribution < 1.29 is 19.2 Å². The second-order valence-electron chi connectivity index (χ2n) is 3.88. The number of halogens is 2. The lowest BCUT2D eigenvalue weighted by molar-refractivity contribution is -0.385. The average Bonchev–Trinajstić information content (AvgIpc) is 2.42. The first-order valence-electron chi connectivity index (χ1n) is 5.52. The van der Waals surface area contributed by atoms with Crippen molar-refractivity contribution in [3.63, 3.8) is 0 Å². The zero-order valence-electron chi connectivity index (χ0n) is 10.0. The Morgan fingerprint density at radius 1 is 1.25 bits per heavy atom. The number of hydrogen-bond acceptors (Lipinski definition) is 4. The van der Waals surface area contributed by atoms with Gasteiger partial charge in [0.2, 0.25) is 0 Å². The van der Waals surface area contributed by atoms with Gasteiger partial charge in [-0.25, -0.2) is 4.39 Å². The van der Waals surface area contributed by atoms with E-state index in [1.807, 2.05) is 0 Å². The number of benzene rings is 2. The summed E-state index contributed by atoms with van der Waals surface area (Å²) in [7, 11) is 0. The van der Waals surface area contributed by atoms with Gasteiger partial charge in [0.15, 0.2) is 0 Å². The Morgan fingerprint density at radius 3 is 2.50 bits per heavy atom. The third-order valence-electron chi connectivity index (χ3n) is 2.54. The molecule has 0 saturated carbocycles. The molecule has 1 N–H and O–H groups in total. The van der Waals surface area contributed by atoms with E-state index in [2.05, 4.69) is 0 Å². The van der Waals surface area contributed by atoms with E-state index in [9.17, 15) is 14.5 Å². The van der Waals surface area contributed by atoms with Gasteiger partial charge in [0.1, 0.15) is 17.3 Å². The van der Waals surface area contributed by atoms with Gasteiger partial charge >= 0.3 is 0 Å². The highest BCUT2D eigenvalue weighted by molar-refractivity contribution is 6.30. The van der Waals surface area contributed by atoms with Gasteiger partial charge in [-0.1, -0.05) is 11.6 Å². The molecule has 0 atom stereocenters. The minimum atomic E-state index is -0.593. The average molecular weight is 298 g/mol. The van der Waals surface area contributed by atoms with E-state index in [0.717, 1.165) is 6.07 Å². The van der Waals surface area contributed by atoms with Crippen molar-refractivity contribution in [1.29, 1.82) is 0 Å². The number of hydrogen-bond donors (Lipinski definition) is 1. The fourth-order valence-corrected chi connectivity index (χ4v) is 1.78. The van der Waals surface area contributed by atoms with Crippen LogP contribution in [0.5, 0.6) is 11.5 Å². The molecule has 0 amide bonds. The van der Waals surface area contributed by atoms with Gasteiger partial charge in [0, 0.05) is 12.1 Å². The number of rotatable bonds is 4.